The fourth-order valence-electron chi connectivity index (χ4n) is 0.541. The second-order valence-electron chi connectivity index (χ2n) is 2.11. The van der Waals surface area contributed by atoms with Crippen LogP contribution in [0.3, 0.4) is 0 Å². The van der Waals surface area contributed by atoms with Crippen molar-refractivity contribution < 1.29 is 0 Å². The lowest BCUT2D eigenvalue weighted by Crippen LogP contribution is -2.32. The molecule has 0 saturated carbocycles. The number of hydrogen-bond acceptors (Lipinski definition) is 2. The Kier molecular flexibility index (Phi) is 7.03. The third-order valence-corrected chi connectivity index (χ3v) is 1.35. The number of rotatable bonds is 4. The van der Waals surface area contributed by atoms with E-state index in [4.69, 9.17) is 12.2 Å². The molecule has 0 spiro atoms. The van der Waals surface area contributed by atoms with E-state index in [1.54, 1.807) is 6.21 Å². The fourth-order valence-corrected chi connectivity index (χ4v) is 0.696. The topological polar surface area (TPSA) is 36.4 Å². The van der Waals surface area contributed by atoms with Crippen LogP contribution in [0.25, 0.3) is 0 Å². The largest absolute Gasteiger partial charge is 0.361 e. The summed E-state index contributed by atoms with van der Waals surface area (Å²) in [5.74, 6) is 0. The van der Waals surface area contributed by atoms with Crippen LogP contribution in [0, 0.1) is 0 Å². The van der Waals surface area contributed by atoms with Crippen molar-refractivity contribution in [3.63, 3.8) is 0 Å². The van der Waals surface area contributed by atoms with Crippen molar-refractivity contribution in [2.24, 2.45) is 5.10 Å². The highest BCUT2D eigenvalue weighted by Crippen LogP contribution is 1.81. The molecule has 0 aromatic rings. The summed E-state index contributed by atoms with van der Waals surface area (Å²) in [5.41, 5.74) is 2.68. The molecular formula is C7H15N3S. The van der Waals surface area contributed by atoms with Crippen molar-refractivity contribution in [2.45, 2.75) is 26.7 Å². The molecule has 0 aromatic heterocycles. The minimum Gasteiger partial charge on any atom is -0.361 e. The Labute approximate surface area is 73.3 Å². The molecule has 0 unspecified atom stereocenters. The van der Waals surface area contributed by atoms with Crippen molar-refractivity contribution in [1.29, 1.82) is 0 Å². The van der Waals surface area contributed by atoms with E-state index in [1.165, 1.54) is 6.42 Å². The number of hydrazone groups is 1. The van der Waals surface area contributed by atoms with E-state index >= 15 is 0 Å². The zero-order valence-electron chi connectivity index (χ0n) is 7.05. The number of thiocarbonyl (C=S) groups is 1. The smallest absolute Gasteiger partial charge is 0.186 e. The van der Waals surface area contributed by atoms with Gasteiger partial charge in [-0.25, -0.2) is 0 Å². The molecule has 0 aliphatic rings. The Morgan fingerprint density at radius 2 is 2.36 bits per heavy atom. The number of unbranched alkanes of at least 4 members (excludes halogenated alkanes) is 1. The van der Waals surface area contributed by atoms with E-state index in [9.17, 15) is 0 Å². The normalized spacial score (nSPS) is 10.0. The van der Waals surface area contributed by atoms with Gasteiger partial charge in [0, 0.05) is 12.8 Å². The molecule has 3 nitrogen and oxygen atoms in total. The summed E-state index contributed by atoms with van der Waals surface area (Å²) in [5, 5.41) is 7.39. The molecule has 0 bridgehead atoms. The Hall–Kier alpha value is -0.640. The van der Waals surface area contributed by atoms with Crippen LogP contribution < -0.4 is 10.7 Å². The molecule has 0 aromatic carbocycles. The molecule has 0 saturated heterocycles. The van der Waals surface area contributed by atoms with Crippen LogP contribution in [0.5, 0.6) is 0 Å². The first-order chi connectivity index (χ1) is 5.31. The van der Waals surface area contributed by atoms with Crippen LogP contribution in [0.1, 0.15) is 26.7 Å². The lowest BCUT2D eigenvalue weighted by atomic mass is 10.3. The van der Waals surface area contributed by atoms with E-state index in [0.29, 0.717) is 5.11 Å². The van der Waals surface area contributed by atoms with Crippen LogP contribution in [0.4, 0.5) is 0 Å². The molecule has 2 N–H and O–H groups in total. The summed E-state index contributed by atoms with van der Waals surface area (Å²) in [6, 6.07) is 0. The van der Waals surface area contributed by atoms with Crippen LogP contribution in [-0.2, 0) is 0 Å². The van der Waals surface area contributed by atoms with E-state index in [1.807, 2.05) is 6.92 Å². The fraction of sp³-hybridized carbons (Fsp3) is 0.714. The Bertz CT molecular complexity index is 134. The van der Waals surface area contributed by atoms with E-state index in [2.05, 4.69) is 22.8 Å². The molecule has 0 aliphatic carbocycles. The maximum absolute atomic E-state index is 4.90. The minimum atomic E-state index is 0.594. The molecule has 4 heteroatoms. The zero-order valence-corrected chi connectivity index (χ0v) is 7.87. The van der Waals surface area contributed by atoms with Gasteiger partial charge in [0.25, 0.3) is 0 Å². The van der Waals surface area contributed by atoms with Crippen LogP contribution in [-0.4, -0.2) is 17.9 Å². The molecule has 11 heavy (non-hydrogen) atoms. The Morgan fingerprint density at radius 1 is 1.64 bits per heavy atom. The maximum atomic E-state index is 4.90. The van der Waals surface area contributed by atoms with Gasteiger partial charge in [0.2, 0.25) is 0 Å². The number of nitrogens with one attached hydrogen (secondary N) is 2. The molecule has 0 rings (SSSR count). The highest BCUT2D eigenvalue weighted by Gasteiger charge is 1.88. The van der Waals surface area contributed by atoms with Gasteiger partial charge in [-0.1, -0.05) is 13.3 Å². The van der Waals surface area contributed by atoms with Gasteiger partial charge in [-0.3, -0.25) is 5.43 Å². The van der Waals surface area contributed by atoms with Gasteiger partial charge in [0.1, 0.15) is 0 Å². The summed E-state index contributed by atoms with van der Waals surface area (Å²) < 4.78 is 0. The van der Waals surface area contributed by atoms with Crippen LogP contribution in [0.15, 0.2) is 5.10 Å². The lowest BCUT2D eigenvalue weighted by Gasteiger charge is -2.04. The van der Waals surface area contributed by atoms with Crippen molar-refractivity contribution in [3.8, 4) is 0 Å². The molecule has 0 heterocycles. The second-order valence-corrected chi connectivity index (χ2v) is 2.52. The first-order valence-corrected chi connectivity index (χ1v) is 4.23. The second kappa shape index (κ2) is 7.47. The highest BCUT2D eigenvalue weighted by molar-refractivity contribution is 7.80. The molecular weight excluding hydrogens is 158 g/mol. The van der Waals surface area contributed by atoms with Gasteiger partial charge in [-0.15, -0.1) is 0 Å². The number of nitrogens with zero attached hydrogens (tertiary/aromatic N) is 1. The molecule has 0 aliphatic heterocycles. The summed E-state index contributed by atoms with van der Waals surface area (Å²) >= 11 is 4.90. The third-order valence-electron chi connectivity index (χ3n) is 1.11. The summed E-state index contributed by atoms with van der Waals surface area (Å²) in [4.78, 5) is 0. The molecule has 0 radical (unpaired) electrons. The summed E-state index contributed by atoms with van der Waals surface area (Å²) in [7, 11) is 0. The first-order valence-electron chi connectivity index (χ1n) is 3.82. The summed E-state index contributed by atoms with van der Waals surface area (Å²) in [6.45, 7) is 4.89. The van der Waals surface area contributed by atoms with E-state index in [0.717, 1.165) is 13.0 Å². The quantitative estimate of drug-likeness (QED) is 0.291. The van der Waals surface area contributed by atoms with Gasteiger partial charge in [0.15, 0.2) is 5.11 Å². The minimum absolute atomic E-state index is 0.594. The summed E-state index contributed by atoms with van der Waals surface area (Å²) in [6.07, 6.45) is 3.97. The zero-order chi connectivity index (χ0) is 8.53. The molecule has 64 valence electrons. The maximum Gasteiger partial charge on any atom is 0.186 e. The predicted octanol–water partition coefficient (Wildman–Crippen LogP) is 1.26. The molecule has 0 amide bonds. The van der Waals surface area contributed by atoms with Crippen molar-refractivity contribution in [1.82, 2.24) is 10.7 Å². The standard InChI is InChI=1S/C7H15N3S/c1-3-5-6-8-7(11)10-9-4-2/h4H,3,5-6H2,1-2H3,(H2,8,10,11). The third kappa shape index (κ3) is 7.25. The molecule has 0 fully saturated rings. The van der Waals surface area contributed by atoms with E-state index in [-0.39, 0.29) is 0 Å². The van der Waals surface area contributed by atoms with Gasteiger partial charge in [-0.2, -0.15) is 5.10 Å². The van der Waals surface area contributed by atoms with Crippen LogP contribution >= 0.6 is 12.2 Å². The van der Waals surface area contributed by atoms with Crippen molar-refractivity contribution in [3.05, 3.63) is 0 Å². The Morgan fingerprint density at radius 3 is 2.91 bits per heavy atom. The monoisotopic (exact) mass is 173 g/mol. The van der Waals surface area contributed by atoms with Crippen molar-refractivity contribution in [2.75, 3.05) is 6.54 Å². The SMILES string of the molecule is CC=NNC(=S)NCCCC. The van der Waals surface area contributed by atoms with E-state index < -0.39 is 0 Å². The predicted molar refractivity (Wildman–Crippen MR) is 52.8 cm³/mol. The lowest BCUT2D eigenvalue weighted by molar-refractivity contribution is 0.745. The Balaban J connectivity index is 3.23. The highest BCUT2D eigenvalue weighted by atomic mass is 32.1. The van der Waals surface area contributed by atoms with Crippen molar-refractivity contribution >= 4 is 23.5 Å². The van der Waals surface area contributed by atoms with Gasteiger partial charge in [0.05, 0.1) is 0 Å². The van der Waals surface area contributed by atoms with Crippen LogP contribution in [0.2, 0.25) is 0 Å². The van der Waals surface area contributed by atoms with Gasteiger partial charge in [-0.05, 0) is 25.6 Å². The van der Waals surface area contributed by atoms with Gasteiger partial charge < -0.3 is 5.32 Å². The number of hydrogen-bond donors (Lipinski definition) is 2. The average Bonchev–Trinajstić information content (AvgIpc) is 2.01. The average molecular weight is 173 g/mol. The molecule has 0 atom stereocenters. The van der Waals surface area contributed by atoms with Gasteiger partial charge >= 0.3 is 0 Å². The first kappa shape index (κ1) is 10.4.